The number of aliphatic hydroxyl groups excluding tert-OH is 2. The van der Waals surface area contributed by atoms with E-state index in [4.69, 9.17) is 14.9 Å². The van der Waals surface area contributed by atoms with Crippen LogP contribution in [0.4, 0.5) is 0 Å². The zero-order valence-corrected chi connectivity index (χ0v) is 32.9. The number of amides is 6. The molecule has 1 saturated heterocycles. The van der Waals surface area contributed by atoms with Gasteiger partial charge in [-0.2, -0.15) is 0 Å². The fraction of sp³-hybridized carbons (Fsp3) is 0.629. The molecule has 3 atom stereocenters. The SMILES string of the molecule is CC(=O)NC(CCCN(O)C(=O)/C=C(\C)CCO)C(=O)OCC/C(C)=C/C(=O)N(O)CCCC1NC(=O)C(CCCN(O)C(=O)/C=C(\C)CCO)NC1=O.[Fe]. The summed E-state index contributed by atoms with van der Waals surface area (Å²) in [4.78, 5) is 85.9. The molecule has 0 spiro atoms. The van der Waals surface area contributed by atoms with Crippen LogP contribution in [0.1, 0.15) is 85.5 Å². The van der Waals surface area contributed by atoms with Crippen molar-refractivity contribution in [1.82, 2.24) is 31.1 Å². The molecule has 0 aromatic rings. The molecule has 1 aliphatic rings. The molecule has 1 fully saturated rings. The summed E-state index contributed by atoms with van der Waals surface area (Å²) in [5, 5.41) is 57.0. The first-order chi connectivity index (χ1) is 25.5. The molecular weight excluding hydrogens is 768 g/mol. The third kappa shape index (κ3) is 20.9. The Morgan fingerprint density at radius 2 is 1.07 bits per heavy atom. The molecule has 0 aromatic heterocycles. The van der Waals surface area contributed by atoms with Gasteiger partial charge in [0.2, 0.25) is 17.7 Å². The van der Waals surface area contributed by atoms with E-state index >= 15 is 0 Å². The van der Waals surface area contributed by atoms with Gasteiger partial charge in [0.05, 0.1) is 6.61 Å². The van der Waals surface area contributed by atoms with Crippen LogP contribution in [0, 0.1) is 0 Å². The quantitative estimate of drug-likeness (QED) is 0.0210. The fourth-order valence-corrected chi connectivity index (χ4v) is 5.08. The largest absolute Gasteiger partial charge is 0.464 e. The summed E-state index contributed by atoms with van der Waals surface area (Å²) in [6.45, 7) is 5.30. The third-order valence-electron chi connectivity index (χ3n) is 8.14. The minimum atomic E-state index is -1.05. The molecule has 3 unspecified atom stereocenters. The Balaban J connectivity index is 0.0000292. The molecule has 1 heterocycles. The number of aliphatic hydroxyl groups is 2. The van der Waals surface area contributed by atoms with Crippen molar-refractivity contribution in [3.8, 4) is 0 Å². The van der Waals surface area contributed by atoms with Crippen LogP contribution >= 0.6 is 0 Å². The predicted molar refractivity (Wildman–Crippen MR) is 190 cm³/mol. The second-order valence-electron chi connectivity index (χ2n) is 13.0. The zero-order valence-electron chi connectivity index (χ0n) is 31.8. The monoisotopic (exact) mass is 824 g/mol. The third-order valence-corrected chi connectivity index (χ3v) is 8.14. The zero-order chi connectivity index (χ0) is 40.8. The van der Waals surface area contributed by atoms with Gasteiger partial charge in [0.15, 0.2) is 0 Å². The Kier molecular flexibility index (Phi) is 25.3. The summed E-state index contributed by atoms with van der Waals surface area (Å²) in [5.41, 5.74) is 1.64. The van der Waals surface area contributed by atoms with Gasteiger partial charge in [0, 0.05) is 81.5 Å². The van der Waals surface area contributed by atoms with Crippen LogP contribution in [0.25, 0.3) is 0 Å². The molecule has 0 bridgehead atoms. The van der Waals surface area contributed by atoms with E-state index in [0.29, 0.717) is 38.3 Å². The molecule has 0 radical (unpaired) electrons. The maximum Gasteiger partial charge on any atom is 0.328 e. The minimum Gasteiger partial charge on any atom is -0.464 e. The van der Waals surface area contributed by atoms with Gasteiger partial charge in [-0.3, -0.25) is 44.4 Å². The van der Waals surface area contributed by atoms with Crippen LogP contribution in [0.3, 0.4) is 0 Å². The number of carbonyl (C=O) groups excluding carboxylic acids is 7. The summed E-state index contributed by atoms with van der Waals surface area (Å²) < 4.78 is 5.26. The molecule has 6 amide bonds. The maximum absolute atomic E-state index is 12.6. The molecule has 1 aliphatic heterocycles. The first-order valence-electron chi connectivity index (χ1n) is 17.8. The van der Waals surface area contributed by atoms with Crippen LogP contribution < -0.4 is 16.0 Å². The number of hydroxylamine groups is 6. The Morgan fingerprint density at radius 1 is 0.691 bits per heavy atom. The maximum atomic E-state index is 12.6. The number of nitrogens with one attached hydrogen (secondary N) is 3. The van der Waals surface area contributed by atoms with Crippen molar-refractivity contribution in [3.05, 3.63) is 34.9 Å². The first-order valence-corrected chi connectivity index (χ1v) is 17.8. The molecule has 8 N–H and O–H groups in total. The Hall–Kier alpha value is -4.17. The predicted octanol–water partition coefficient (Wildman–Crippen LogP) is 0.00280. The molecule has 55 heavy (non-hydrogen) atoms. The number of rotatable bonds is 24. The Morgan fingerprint density at radius 3 is 1.45 bits per heavy atom. The van der Waals surface area contributed by atoms with Crippen molar-refractivity contribution in [2.75, 3.05) is 39.5 Å². The average Bonchev–Trinajstić information content (AvgIpc) is 3.09. The van der Waals surface area contributed by atoms with Crippen molar-refractivity contribution in [3.63, 3.8) is 0 Å². The van der Waals surface area contributed by atoms with Gasteiger partial charge >= 0.3 is 5.97 Å². The molecule has 0 saturated carbocycles. The second kappa shape index (κ2) is 27.4. The average molecular weight is 825 g/mol. The normalized spacial score (nSPS) is 16.6. The van der Waals surface area contributed by atoms with Gasteiger partial charge in [-0.1, -0.05) is 16.7 Å². The van der Waals surface area contributed by atoms with Gasteiger partial charge in [0.25, 0.3) is 17.7 Å². The molecule has 312 valence electrons. The first kappa shape index (κ1) is 50.8. The van der Waals surface area contributed by atoms with E-state index in [1.54, 1.807) is 20.8 Å². The summed E-state index contributed by atoms with van der Waals surface area (Å²) in [5.74, 6) is -4.25. The summed E-state index contributed by atoms with van der Waals surface area (Å²) in [6.07, 6.45) is 5.09. The van der Waals surface area contributed by atoms with Crippen molar-refractivity contribution in [2.24, 2.45) is 0 Å². The smallest absolute Gasteiger partial charge is 0.328 e. The van der Waals surface area contributed by atoms with Gasteiger partial charge in [-0.25, -0.2) is 20.0 Å². The van der Waals surface area contributed by atoms with Crippen LogP contribution in [0.5, 0.6) is 0 Å². The van der Waals surface area contributed by atoms with Crippen LogP contribution in [-0.4, -0.2) is 140 Å². The molecule has 0 aromatic carbocycles. The number of piperazine rings is 1. The van der Waals surface area contributed by atoms with Gasteiger partial charge in [0.1, 0.15) is 18.1 Å². The summed E-state index contributed by atoms with van der Waals surface area (Å²) in [6, 6.07) is -2.81. The number of nitrogens with zero attached hydrogens (tertiary/aromatic N) is 3. The van der Waals surface area contributed by atoms with Gasteiger partial charge in [-0.05, 0) is 72.1 Å². The Bertz CT molecular complexity index is 1410. The molecular formula is C35H56FeN6O13. The Labute approximate surface area is 331 Å². The number of hydrogen-bond acceptors (Lipinski definition) is 13. The molecule has 0 aliphatic carbocycles. The van der Waals surface area contributed by atoms with Gasteiger partial charge in [-0.15, -0.1) is 0 Å². The van der Waals surface area contributed by atoms with Gasteiger partial charge < -0.3 is 30.9 Å². The van der Waals surface area contributed by atoms with E-state index in [9.17, 15) is 49.2 Å². The number of ether oxygens (including phenoxy) is 1. The van der Waals surface area contributed by atoms with E-state index in [0.717, 1.165) is 6.08 Å². The van der Waals surface area contributed by atoms with E-state index in [-0.39, 0.29) is 108 Å². The van der Waals surface area contributed by atoms with Crippen molar-refractivity contribution in [2.45, 2.75) is 104 Å². The number of hydrogen-bond donors (Lipinski definition) is 8. The summed E-state index contributed by atoms with van der Waals surface area (Å²) in [7, 11) is 0. The number of esters is 1. The fourth-order valence-electron chi connectivity index (χ4n) is 5.08. The van der Waals surface area contributed by atoms with Crippen LogP contribution in [0.2, 0.25) is 0 Å². The summed E-state index contributed by atoms with van der Waals surface area (Å²) >= 11 is 0. The molecule has 20 heteroatoms. The van der Waals surface area contributed by atoms with E-state index < -0.39 is 59.5 Å². The minimum absolute atomic E-state index is 0. The van der Waals surface area contributed by atoms with Crippen molar-refractivity contribution >= 4 is 41.4 Å². The van der Waals surface area contributed by atoms with E-state index in [2.05, 4.69) is 16.0 Å². The second-order valence-corrected chi connectivity index (χ2v) is 13.0. The number of carbonyl (C=O) groups is 7. The van der Waals surface area contributed by atoms with E-state index in [1.165, 1.54) is 19.1 Å². The molecule has 19 nitrogen and oxygen atoms in total. The van der Waals surface area contributed by atoms with Crippen LogP contribution in [0.15, 0.2) is 34.9 Å². The topological polar surface area (TPSA) is 276 Å². The standard InChI is InChI=1S/C35H56N6O13.Fe/c1-23(11-17-42)20-30(45)39(51)14-5-8-27-33(48)38-28(34(49)37-27)9-6-15-40(52)32(47)22-25(3)13-19-54-35(50)29(36-26(4)44)10-7-16-41(53)31(46)21-24(2)12-18-43;/h20-22,27-29,42-43,51-53H,5-19H2,1-4H3,(H,36,44)(H,37,49)(H,38,48);/b23-20+,24-21+,25-22+;. The van der Waals surface area contributed by atoms with Crippen LogP contribution in [-0.2, 0) is 55.4 Å². The van der Waals surface area contributed by atoms with Crippen molar-refractivity contribution < 1.29 is 81.2 Å². The van der Waals surface area contributed by atoms with E-state index in [1.807, 2.05) is 0 Å². The molecule has 1 rings (SSSR count). The van der Waals surface area contributed by atoms with Crippen molar-refractivity contribution in [1.29, 1.82) is 0 Å².